The van der Waals surface area contributed by atoms with Gasteiger partial charge in [-0.05, 0) is 25.0 Å². The van der Waals surface area contributed by atoms with Gasteiger partial charge in [-0.1, -0.05) is 12.2 Å². The maximum absolute atomic E-state index is 12.3. The number of nitrogens with one attached hydrogen (secondary N) is 2. The second kappa shape index (κ2) is 7.98. The van der Waals surface area contributed by atoms with Crippen LogP contribution in [-0.4, -0.2) is 47.2 Å². The molecule has 0 aromatic heterocycles. The van der Waals surface area contributed by atoms with Crippen molar-refractivity contribution in [2.45, 2.75) is 12.8 Å². The molecular weight excluding hydrogens is 352 g/mol. The first-order valence-corrected chi connectivity index (χ1v) is 8.72. The number of likely N-dealkylation sites (tertiary alicyclic amines) is 1. The van der Waals surface area contributed by atoms with E-state index >= 15 is 0 Å². The van der Waals surface area contributed by atoms with Crippen molar-refractivity contribution in [3.8, 4) is 0 Å². The number of anilines is 1. The standard InChI is InChI=1S/C18H20N4O5/c23-16(11-21-17(24)14-3-1-2-4-15(14)18(21)25)20-10-9-19-12-5-7-13(8-6-12)22(26)27/h1-2,5-8,14-15,19H,3-4,9-11H2,(H,20,23)/t14-,15+. The highest BCUT2D eigenvalue weighted by Crippen LogP contribution is 2.34. The van der Waals surface area contributed by atoms with E-state index in [1.54, 1.807) is 12.1 Å². The highest BCUT2D eigenvalue weighted by atomic mass is 16.6. The number of non-ortho nitro benzene ring substituents is 1. The molecule has 3 amide bonds. The van der Waals surface area contributed by atoms with E-state index in [9.17, 15) is 24.5 Å². The first kappa shape index (κ1) is 18.6. The van der Waals surface area contributed by atoms with Crippen molar-refractivity contribution in [2.75, 3.05) is 25.0 Å². The van der Waals surface area contributed by atoms with Crippen LogP contribution in [0.1, 0.15) is 12.8 Å². The second-order valence-electron chi connectivity index (χ2n) is 6.50. The number of carbonyl (C=O) groups is 3. The van der Waals surface area contributed by atoms with Gasteiger partial charge in [0, 0.05) is 30.9 Å². The van der Waals surface area contributed by atoms with E-state index in [1.807, 2.05) is 12.2 Å². The van der Waals surface area contributed by atoms with E-state index in [0.29, 0.717) is 31.6 Å². The Labute approximate surface area is 155 Å². The van der Waals surface area contributed by atoms with Gasteiger partial charge in [-0.25, -0.2) is 0 Å². The van der Waals surface area contributed by atoms with Crippen LogP contribution in [-0.2, 0) is 14.4 Å². The summed E-state index contributed by atoms with van der Waals surface area (Å²) in [7, 11) is 0. The Morgan fingerprint density at radius 2 is 1.67 bits per heavy atom. The lowest BCUT2D eigenvalue weighted by Gasteiger charge is -2.14. The molecule has 1 aromatic rings. The van der Waals surface area contributed by atoms with E-state index < -0.39 is 10.8 Å². The lowest BCUT2D eigenvalue weighted by Crippen LogP contribution is -2.42. The van der Waals surface area contributed by atoms with Crippen molar-refractivity contribution in [1.82, 2.24) is 10.2 Å². The summed E-state index contributed by atoms with van der Waals surface area (Å²) in [5.41, 5.74) is 0.695. The van der Waals surface area contributed by atoms with E-state index in [1.165, 1.54) is 12.1 Å². The van der Waals surface area contributed by atoms with Crippen molar-refractivity contribution >= 4 is 29.1 Å². The molecule has 1 aliphatic carbocycles. The molecule has 1 aromatic carbocycles. The molecule has 0 saturated carbocycles. The summed E-state index contributed by atoms with van der Waals surface area (Å²) in [6.07, 6.45) is 4.90. The molecule has 1 fully saturated rings. The van der Waals surface area contributed by atoms with Gasteiger partial charge in [0.1, 0.15) is 6.54 Å². The lowest BCUT2D eigenvalue weighted by atomic mass is 9.85. The summed E-state index contributed by atoms with van der Waals surface area (Å²) in [6, 6.07) is 5.94. The van der Waals surface area contributed by atoms with Gasteiger partial charge in [0.15, 0.2) is 0 Å². The molecule has 1 saturated heterocycles. The van der Waals surface area contributed by atoms with E-state index in [4.69, 9.17) is 0 Å². The van der Waals surface area contributed by atoms with Crippen LogP contribution in [0.5, 0.6) is 0 Å². The summed E-state index contributed by atoms with van der Waals surface area (Å²) in [5, 5.41) is 16.3. The number of allylic oxidation sites excluding steroid dienone is 2. The highest BCUT2D eigenvalue weighted by molar-refractivity contribution is 6.07. The lowest BCUT2D eigenvalue weighted by molar-refractivity contribution is -0.384. The highest BCUT2D eigenvalue weighted by Gasteiger charge is 2.47. The van der Waals surface area contributed by atoms with Gasteiger partial charge in [-0.3, -0.25) is 29.4 Å². The van der Waals surface area contributed by atoms with Gasteiger partial charge < -0.3 is 10.6 Å². The minimum absolute atomic E-state index is 0.00423. The van der Waals surface area contributed by atoms with Gasteiger partial charge in [-0.2, -0.15) is 0 Å². The molecule has 0 spiro atoms. The third-order valence-corrected chi connectivity index (χ3v) is 4.75. The van der Waals surface area contributed by atoms with E-state index in [-0.39, 0.29) is 35.9 Å². The normalized spacial score (nSPS) is 21.1. The number of hydrogen-bond donors (Lipinski definition) is 2. The Hall–Kier alpha value is -3.23. The molecule has 27 heavy (non-hydrogen) atoms. The molecule has 2 N–H and O–H groups in total. The monoisotopic (exact) mass is 372 g/mol. The number of nitrogens with zero attached hydrogens (tertiary/aromatic N) is 2. The molecule has 142 valence electrons. The number of fused-ring (bicyclic) bond motifs is 1. The van der Waals surface area contributed by atoms with Gasteiger partial charge in [0.2, 0.25) is 17.7 Å². The molecule has 1 aliphatic heterocycles. The average molecular weight is 372 g/mol. The maximum Gasteiger partial charge on any atom is 0.269 e. The van der Waals surface area contributed by atoms with Crippen LogP contribution < -0.4 is 10.6 Å². The molecule has 2 aliphatic rings. The molecule has 0 bridgehead atoms. The second-order valence-corrected chi connectivity index (χ2v) is 6.50. The molecule has 3 rings (SSSR count). The number of imide groups is 1. The Balaban J connectivity index is 1.41. The quantitative estimate of drug-likeness (QED) is 0.243. The van der Waals surface area contributed by atoms with Gasteiger partial charge in [0.25, 0.3) is 5.69 Å². The largest absolute Gasteiger partial charge is 0.383 e. The van der Waals surface area contributed by atoms with Crippen molar-refractivity contribution in [3.05, 3.63) is 46.5 Å². The van der Waals surface area contributed by atoms with Crippen molar-refractivity contribution in [1.29, 1.82) is 0 Å². The predicted octanol–water partition coefficient (Wildman–Crippen LogP) is 1.07. The number of nitro benzene ring substituents is 1. The molecule has 9 nitrogen and oxygen atoms in total. The summed E-state index contributed by atoms with van der Waals surface area (Å²) >= 11 is 0. The molecular formula is C18H20N4O5. The number of nitro groups is 1. The number of hydrogen-bond acceptors (Lipinski definition) is 6. The Kier molecular flexibility index (Phi) is 5.49. The fourth-order valence-corrected chi connectivity index (χ4v) is 3.33. The minimum atomic E-state index is -0.475. The maximum atomic E-state index is 12.3. The van der Waals surface area contributed by atoms with Crippen LogP contribution >= 0.6 is 0 Å². The Morgan fingerprint density at radius 3 is 2.22 bits per heavy atom. The SMILES string of the molecule is O=C(CN1C(=O)[C@H]2CC=CC[C@H]2C1=O)NCCNc1ccc([N+](=O)[O-])cc1. The number of benzene rings is 1. The van der Waals surface area contributed by atoms with Gasteiger partial charge in [0.05, 0.1) is 16.8 Å². The summed E-state index contributed by atoms with van der Waals surface area (Å²) in [4.78, 5) is 47.8. The Bertz CT molecular complexity index is 763. The minimum Gasteiger partial charge on any atom is -0.383 e. The molecule has 9 heteroatoms. The topological polar surface area (TPSA) is 122 Å². The van der Waals surface area contributed by atoms with Crippen molar-refractivity contribution in [3.63, 3.8) is 0 Å². The Morgan fingerprint density at radius 1 is 1.07 bits per heavy atom. The average Bonchev–Trinajstić information content (AvgIpc) is 2.91. The van der Waals surface area contributed by atoms with Crippen molar-refractivity contribution < 1.29 is 19.3 Å². The fourth-order valence-electron chi connectivity index (χ4n) is 3.33. The first-order valence-electron chi connectivity index (χ1n) is 8.72. The third kappa shape index (κ3) is 4.13. The zero-order chi connectivity index (χ0) is 19.4. The summed E-state index contributed by atoms with van der Waals surface area (Å²) in [5.74, 6) is -1.60. The number of rotatable bonds is 7. The van der Waals surface area contributed by atoms with Crippen LogP contribution in [0, 0.1) is 22.0 Å². The van der Waals surface area contributed by atoms with Crippen LogP contribution in [0.15, 0.2) is 36.4 Å². The summed E-state index contributed by atoms with van der Waals surface area (Å²) < 4.78 is 0. The van der Waals surface area contributed by atoms with Gasteiger partial charge >= 0.3 is 0 Å². The van der Waals surface area contributed by atoms with Crippen LogP contribution in [0.3, 0.4) is 0 Å². The molecule has 0 unspecified atom stereocenters. The van der Waals surface area contributed by atoms with Crippen LogP contribution in [0.25, 0.3) is 0 Å². The molecule has 1 heterocycles. The summed E-state index contributed by atoms with van der Waals surface area (Å²) in [6.45, 7) is 0.434. The number of carbonyl (C=O) groups excluding carboxylic acids is 3. The van der Waals surface area contributed by atoms with E-state index in [2.05, 4.69) is 10.6 Å². The predicted molar refractivity (Wildman–Crippen MR) is 96.7 cm³/mol. The third-order valence-electron chi connectivity index (χ3n) is 4.75. The van der Waals surface area contributed by atoms with Crippen LogP contribution in [0.4, 0.5) is 11.4 Å². The first-order chi connectivity index (χ1) is 13.0. The van der Waals surface area contributed by atoms with Gasteiger partial charge in [-0.15, -0.1) is 0 Å². The zero-order valence-corrected chi connectivity index (χ0v) is 14.6. The number of amides is 3. The fraction of sp³-hybridized carbons (Fsp3) is 0.389. The van der Waals surface area contributed by atoms with Crippen LogP contribution in [0.2, 0.25) is 0 Å². The smallest absolute Gasteiger partial charge is 0.269 e. The van der Waals surface area contributed by atoms with E-state index in [0.717, 1.165) is 4.90 Å². The molecule has 2 atom stereocenters. The van der Waals surface area contributed by atoms with Crippen molar-refractivity contribution in [2.24, 2.45) is 11.8 Å². The molecule has 0 radical (unpaired) electrons. The zero-order valence-electron chi connectivity index (χ0n) is 14.6.